The number of aromatic nitrogens is 4. The SMILES string of the molecule is O=[N+]([O-])c1cn2c(n1)OC[C@@H](NCc1cnc(N3CCC4(CC3)CN(c3ccc(OC(F)(F)F)cc3)C4)nc1)C2. The number of hydrogen-bond acceptors (Lipinski definition) is 10. The molecule has 1 N–H and O–H groups in total. The average molecular weight is 561 g/mol. The molecule has 0 unspecified atom stereocenters. The summed E-state index contributed by atoms with van der Waals surface area (Å²) in [5.74, 6) is 0.239. The molecule has 15 heteroatoms. The summed E-state index contributed by atoms with van der Waals surface area (Å²) in [5.41, 5.74) is 2.00. The van der Waals surface area contributed by atoms with E-state index in [0.29, 0.717) is 25.6 Å². The van der Waals surface area contributed by atoms with Crippen molar-refractivity contribution in [3.63, 3.8) is 0 Å². The highest BCUT2D eigenvalue weighted by Gasteiger charge is 2.45. The van der Waals surface area contributed by atoms with Gasteiger partial charge in [-0.25, -0.2) is 9.97 Å². The summed E-state index contributed by atoms with van der Waals surface area (Å²) >= 11 is 0. The van der Waals surface area contributed by atoms with E-state index in [0.717, 1.165) is 50.3 Å². The van der Waals surface area contributed by atoms with E-state index in [1.165, 1.54) is 18.3 Å². The van der Waals surface area contributed by atoms with E-state index in [1.807, 2.05) is 0 Å². The van der Waals surface area contributed by atoms with E-state index in [2.05, 4.69) is 34.8 Å². The van der Waals surface area contributed by atoms with Gasteiger partial charge in [-0.2, -0.15) is 0 Å². The Bertz CT molecular complexity index is 1350. The molecule has 1 aromatic carbocycles. The van der Waals surface area contributed by atoms with Crippen molar-refractivity contribution in [2.24, 2.45) is 5.41 Å². The van der Waals surface area contributed by atoms with E-state index in [-0.39, 0.29) is 29.0 Å². The zero-order valence-corrected chi connectivity index (χ0v) is 21.4. The Morgan fingerprint density at radius 2 is 1.82 bits per heavy atom. The molecule has 3 aliphatic rings. The number of nitrogens with one attached hydrogen (secondary N) is 1. The van der Waals surface area contributed by atoms with Crippen LogP contribution < -0.4 is 24.6 Å². The van der Waals surface area contributed by atoms with Crippen LogP contribution in [0.3, 0.4) is 0 Å². The molecule has 0 saturated carbocycles. The number of nitrogens with zero attached hydrogens (tertiary/aromatic N) is 7. The topological polar surface area (TPSA) is 124 Å². The maximum atomic E-state index is 12.4. The fourth-order valence-corrected chi connectivity index (χ4v) is 5.48. The first kappa shape index (κ1) is 26.1. The molecule has 12 nitrogen and oxygen atoms in total. The highest BCUT2D eigenvalue weighted by molar-refractivity contribution is 5.52. The molecule has 40 heavy (non-hydrogen) atoms. The zero-order chi connectivity index (χ0) is 27.9. The second kappa shape index (κ2) is 10.1. The lowest BCUT2D eigenvalue weighted by Gasteiger charge is -2.55. The number of anilines is 2. The lowest BCUT2D eigenvalue weighted by molar-refractivity contribution is -0.389. The van der Waals surface area contributed by atoms with Crippen molar-refractivity contribution in [3.8, 4) is 11.8 Å². The highest BCUT2D eigenvalue weighted by Crippen LogP contribution is 2.43. The van der Waals surface area contributed by atoms with Gasteiger partial charge in [-0.3, -0.25) is 4.57 Å². The minimum Gasteiger partial charge on any atom is -0.444 e. The molecule has 2 aromatic heterocycles. The maximum absolute atomic E-state index is 12.4. The predicted octanol–water partition coefficient (Wildman–Crippen LogP) is 3.14. The van der Waals surface area contributed by atoms with Crippen LogP contribution >= 0.6 is 0 Å². The number of halogens is 3. The van der Waals surface area contributed by atoms with Crippen LogP contribution in [-0.2, 0) is 13.1 Å². The number of piperidine rings is 1. The van der Waals surface area contributed by atoms with Gasteiger partial charge in [0.05, 0.1) is 6.04 Å². The predicted molar refractivity (Wildman–Crippen MR) is 136 cm³/mol. The zero-order valence-electron chi connectivity index (χ0n) is 21.4. The molecule has 3 aliphatic heterocycles. The monoisotopic (exact) mass is 560 g/mol. The highest BCUT2D eigenvalue weighted by atomic mass is 19.4. The van der Waals surface area contributed by atoms with Gasteiger partial charge in [0, 0.05) is 73.3 Å². The number of hydrogen-bond donors (Lipinski definition) is 1. The van der Waals surface area contributed by atoms with Gasteiger partial charge in [0.25, 0.3) is 0 Å². The normalized spacial score (nSPS) is 20.0. The minimum absolute atomic E-state index is 0.0348. The van der Waals surface area contributed by atoms with E-state index in [1.54, 1.807) is 29.1 Å². The van der Waals surface area contributed by atoms with Crippen molar-refractivity contribution >= 4 is 17.5 Å². The Morgan fingerprint density at radius 3 is 2.48 bits per heavy atom. The van der Waals surface area contributed by atoms with Crippen molar-refractivity contribution in [2.75, 3.05) is 42.6 Å². The van der Waals surface area contributed by atoms with E-state index in [9.17, 15) is 23.3 Å². The van der Waals surface area contributed by atoms with E-state index >= 15 is 0 Å². The Morgan fingerprint density at radius 1 is 1.12 bits per heavy atom. The molecular formula is C25H27F3N8O4. The second-order valence-corrected chi connectivity index (χ2v) is 10.5. The fraction of sp³-hybridized carbons (Fsp3) is 0.480. The van der Waals surface area contributed by atoms with Crippen LogP contribution in [0.1, 0.15) is 18.4 Å². The van der Waals surface area contributed by atoms with Gasteiger partial charge in [0.15, 0.2) is 0 Å². The van der Waals surface area contributed by atoms with Crippen LogP contribution in [0, 0.1) is 15.5 Å². The average Bonchev–Trinajstić information content (AvgIpc) is 3.35. The lowest BCUT2D eigenvalue weighted by atomic mass is 9.72. The summed E-state index contributed by atoms with van der Waals surface area (Å²) in [6.07, 6.45) is 2.26. The van der Waals surface area contributed by atoms with Gasteiger partial charge in [-0.15, -0.1) is 13.2 Å². The summed E-state index contributed by atoms with van der Waals surface area (Å²) in [4.78, 5) is 27.7. The van der Waals surface area contributed by atoms with Crippen molar-refractivity contribution < 1.29 is 27.6 Å². The fourth-order valence-electron chi connectivity index (χ4n) is 5.48. The second-order valence-electron chi connectivity index (χ2n) is 10.5. The molecule has 2 fully saturated rings. The molecule has 1 atom stereocenters. The van der Waals surface area contributed by atoms with Gasteiger partial charge in [-0.1, -0.05) is 0 Å². The first-order chi connectivity index (χ1) is 19.1. The first-order valence-corrected chi connectivity index (χ1v) is 12.9. The molecular weight excluding hydrogens is 533 g/mol. The van der Waals surface area contributed by atoms with E-state index < -0.39 is 11.3 Å². The Kier molecular flexibility index (Phi) is 6.60. The Labute approximate surface area is 226 Å². The van der Waals surface area contributed by atoms with Gasteiger partial charge in [0.2, 0.25) is 5.95 Å². The van der Waals surface area contributed by atoms with Crippen molar-refractivity contribution in [1.82, 2.24) is 24.8 Å². The number of ether oxygens (including phenoxy) is 2. The van der Waals surface area contributed by atoms with Crippen molar-refractivity contribution in [3.05, 3.63) is 58.5 Å². The number of nitro groups is 1. The van der Waals surface area contributed by atoms with Crippen molar-refractivity contribution in [2.45, 2.75) is 38.3 Å². The molecule has 0 bridgehead atoms. The number of imidazole rings is 1. The minimum atomic E-state index is -4.69. The smallest absolute Gasteiger partial charge is 0.444 e. The van der Waals surface area contributed by atoms with Crippen LogP contribution in [0.25, 0.3) is 0 Å². The molecule has 2 saturated heterocycles. The summed E-state index contributed by atoms with van der Waals surface area (Å²) < 4.78 is 48.3. The molecule has 3 aromatic rings. The number of fused-ring (bicyclic) bond motifs is 1. The third-order valence-corrected chi connectivity index (χ3v) is 7.63. The van der Waals surface area contributed by atoms with Crippen LogP contribution in [0.15, 0.2) is 42.9 Å². The summed E-state index contributed by atoms with van der Waals surface area (Å²) in [6, 6.07) is 6.24. The largest absolute Gasteiger partial charge is 0.573 e. The lowest BCUT2D eigenvalue weighted by Crippen LogP contribution is -2.60. The van der Waals surface area contributed by atoms with Crippen LogP contribution in [0.5, 0.6) is 11.8 Å². The molecule has 1 spiro atoms. The summed E-state index contributed by atoms with van der Waals surface area (Å²) in [7, 11) is 0. The summed E-state index contributed by atoms with van der Waals surface area (Å²) in [5, 5.41) is 14.3. The standard InChI is InChI=1S/C25H27F3N8O4/c26-25(27,28)40-20-3-1-19(2-4-20)35-15-24(16-35)5-7-33(8-6-24)22-30-10-17(11-31-22)9-29-18-12-34-13-21(36(37)38)32-23(34)39-14-18/h1-4,10-11,13,18,29H,5-9,12,14-16H2/t18-/m0/s1. The van der Waals surface area contributed by atoms with Crippen LogP contribution in [0.4, 0.5) is 30.6 Å². The Balaban J connectivity index is 0.953. The molecule has 0 radical (unpaired) electrons. The molecule has 212 valence electrons. The van der Waals surface area contributed by atoms with Crippen molar-refractivity contribution in [1.29, 1.82) is 0 Å². The van der Waals surface area contributed by atoms with Gasteiger partial charge in [0.1, 0.15) is 18.6 Å². The number of benzene rings is 1. The molecule has 0 aliphatic carbocycles. The summed E-state index contributed by atoms with van der Waals surface area (Å²) in [6.45, 7) is 4.81. The number of rotatable bonds is 7. The van der Waals surface area contributed by atoms with Gasteiger partial charge in [-0.05, 0) is 42.0 Å². The third kappa shape index (κ3) is 5.59. The van der Waals surface area contributed by atoms with Gasteiger partial charge < -0.3 is 34.7 Å². The number of alkyl halides is 3. The molecule has 6 rings (SSSR count). The molecule has 0 amide bonds. The Hall–Kier alpha value is -4.14. The van der Waals surface area contributed by atoms with Gasteiger partial charge >= 0.3 is 18.2 Å². The quantitative estimate of drug-likeness (QED) is 0.341. The molecule has 5 heterocycles. The maximum Gasteiger partial charge on any atom is 0.573 e. The van der Waals surface area contributed by atoms with Crippen LogP contribution in [-0.4, -0.2) is 69.6 Å². The third-order valence-electron chi connectivity index (χ3n) is 7.63. The first-order valence-electron chi connectivity index (χ1n) is 12.9. The van der Waals surface area contributed by atoms with E-state index in [4.69, 9.17) is 4.74 Å². The van der Waals surface area contributed by atoms with Crippen LogP contribution in [0.2, 0.25) is 0 Å².